The summed E-state index contributed by atoms with van der Waals surface area (Å²) in [6.07, 6.45) is 1.91. The minimum atomic E-state index is -0.0527. The molecule has 0 N–H and O–H groups in total. The highest BCUT2D eigenvalue weighted by Gasteiger charge is 2.43. The normalized spacial score (nSPS) is 18.6. The number of likely N-dealkylation sites (N-methyl/N-ethyl adjacent to an activating group) is 2. The Labute approximate surface area is 361 Å². The highest BCUT2D eigenvalue weighted by molar-refractivity contribution is 7.99. The Hall–Kier alpha value is -6.14. The van der Waals surface area contributed by atoms with Gasteiger partial charge in [-0.2, -0.15) is 11.8 Å². The molecule has 3 amide bonds. The lowest BCUT2D eigenvalue weighted by molar-refractivity contribution is -0.115. The third-order valence-corrected chi connectivity index (χ3v) is 13.4. The van der Waals surface area contributed by atoms with E-state index in [1.165, 1.54) is 34.0 Å². The summed E-state index contributed by atoms with van der Waals surface area (Å²) in [5.74, 6) is 1.96. The summed E-state index contributed by atoms with van der Waals surface area (Å²) in [6.45, 7) is 6.34. The van der Waals surface area contributed by atoms with Gasteiger partial charge in [-0.1, -0.05) is 48.5 Å². The van der Waals surface area contributed by atoms with Crippen LogP contribution in [0.3, 0.4) is 0 Å². The van der Waals surface area contributed by atoms with Crippen LogP contribution >= 0.6 is 11.8 Å². The van der Waals surface area contributed by atoms with E-state index in [-0.39, 0.29) is 49.1 Å². The first-order valence-electron chi connectivity index (χ1n) is 20.7. The van der Waals surface area contributed by atoms with Crippen LogP contribution < -0.4 is 28.9 Å². The predicted molar refractivity (Wildman–Crippen MR) is 240 cm³/mol. The topological polar surface area (TPSA) is 95.1 Å². The molecule has 0 saturated carbocycles. The maximum atomic E-state index is 14.1. The molecule has 4 aliphatic heterocycles. The molecule has 9 rings (SSSR count). The van der Waals surface area contributed by atoms with E-state index in [1.807, 2.05) is 90.7 Å². The van der Waals surface area contributed by atoms with Crippen LogP contribution in [0.1, 0.15) is 78.7 Å². The van der Waals surface area contributed by atoms with E-state index in [0.29, 0.717) is 53.8 Å². The maximum Gasteiger partial charge on any atom is 0.256 e. The van der Waals surface area contributed by atoms with Crippen LogP contribution in [0.2, 0.25) is 0 Å². The van der Waals surface area contributed by atoms with E-state index in [0.717, 1.165) is 33.8 Å². The molecule has 3 atom stereocenters. The average molecular weight is 838 g/mol. The summed E-state index contributed by atoms with van der Waals surface area (Å²) in [5.41, 5.74) is 10.9. The van der Waals surface area contributed by atoms with Gasteiger partial charge in [0, 0.05) is 58.6 Å². The number of fused-ring (bicyclic) bond motifs is 8. The largest absolute Gasteiger partial charge is 0.493 e. The number of hydrogen-bond acceptors (Lipinski definition) is 9. The molecule has 11 nitrogen and oxygen atoms in total. The van der Waals surface area contributed by atoms with Crippen LogP contribution in [0.25, 0.3) is 0 Å². The molecule has 4 heterocycles. The average Bonchev–Trinajstić information content (AvgIpc) is 3.80. The monoisotopic (exact) mass is 837 g/mol. The number of hydrogen-bond donors (Lipinski definition) is 0. The van der Waals surface area contributed by atoms with E-state index >= 15 is 0 Å². The van der Waals surface area contributed by atoms with Crippen LogP contribution in [0.5, 0.6) is 17.2 Å². The summed E-state index contributed by atoms with van der Waals surface area (Å²) in [5, 5.41) is 0. The van der Waals surface area contributed by atoms with E-state index in [1.54, 1.807) is 25.1 Å². The predicted octanol–water partition coefficient (Wildman–Crippen LogP) is 8.17. The van der Waals surface area contributed by atoms with Gasteiger partial charge in [-0.05, 0) is 89.4 Å². The van der Waals surface area contributed by atoms with Gasteiger partial charge in [-0.25, -0.2) is 0 Å². The van der Waals surface area contributed by atoms with Crippen molar-refractivity contribution in [3.63, 3.8) is 0 Å². The number of benzene rings is 5. The van der Waals surface area contributed by atoms with E-state index in [9.17, 15) is 14.4 Å². The summed E-state index contributed by atoms with van der Waals surface area (Å²) >= 11 is 1.48. The summed E-state index contributed by atoms with van der Waals surface area (Å²) in [6, 6.07) is 30.1. The summed E-state index contributed by atoms with van der Waals surface area (Å²) in [7, 11) is 7.42. The van der Waals surface area contributed by atoms with E-state index < -0.39 is 0 Å². The Balaban J connectivity index is 0.980. The molecule has 0 bridgehead atoms. The maximum absolute atomic E-state index is 14.1. The fourth-order valence-corrected chi connectivity index (χ4v) is 9.94. The van der Waals surface area contributed by atoms with Gasteiger partial charge in [-0.3, -0.25) is 14.4 Å². The van der Waals surface area contributed by atoms with Crippen molar-refractivity contribution in [1.29, 1.82) is 0 Å². The Kier molecular flexibility index (Phi) is 10.6. The number of anilines is 3. The SMILES string of the molecule is COc1cc2c(cc1OCc1cc(COc3cc4c(cc3C)C(=O)N3Cc5ccccc5[C@H]3C(C)N4C)cc(N(C)C(=O)CSC)c1)N(C)C[C@@H]1c3ccccc3CN1C2=O. The molecule has 12 heteroatoms. The molecule has 0 aromatic heterocycles. The second-order valence-electron chi connectivity index (χ2n) is 16.6. The first kappa shape index (κ1) is 40.3. The minimum absolute atomic E-state index is 0.0211. The number of carbonyl (C=O) groups is 3. The van der Waals surface area contributed by atoms with Crippen LogP contribution in [0.15, 0.2) is 91.0 Å². The van der Waals surface area contributed by atoms with Crippen molar-refractivity contribution in [2.45, 2.75) is 58.3 Å². The Bertz CT molecular complexity index is 2580. The first-order chi connectivity index (χ1) is 29.4. The lowest BCUT2D eigenvalue weighted by Gasteiger charge is -2.33. The smallest absolute Gasteiger partial charge is 0.256 e. The molecule has 1 unspecified atom stereocenters. The highest BCUT2D eigenvalue weighted by atomic mass is 32.2. The van der Waals surface area contributed by atoms with Gasteiger partial charge in [0.05, 0.1) is 53.5 Å². The number of nitrogens with zero attached hydrogens (tertiary/aromatic N) is 5. The Morgan fingerprint density at radius 2 is 1.38 bits per heavy atom. The molecule has 0 spiro atoms. The molecule has 5 aromatic rings. The zero-order valence-electron chi connectivity index (χ0n) is 35.7. The molecule has 5 aromatic carbocycles. The highest BCUT2D eigenvalue weighted by Crippen LogP contribution is 2.46. The second kappa shape index (κ2) is 16.0. The quantitative estimate of drug-likeness (QED) is 0.138. The number of methoxy groups -OCH3 is 1. The number of aryl methyl sites for hydroxylation is 1. The molecule has 0 aliphatic carbocycles. The van der Waals surface area contributed by atoms with Crippen LogP contribution in [0, 0.1) is 6.92 Å². The molecule has 314 valence electrons. The fraction of sp³-hybridized carbons (Fsp3) is 0.327. The number of ether oxygens (including phenoxy) is 3. The summed E-state index contributed by atoms with van der Waals surface area (Å²) < 4.78 is 18.9. The Morgan fingerprint density at radius 1 is 0.770 bits per heavy atom. The van der Waals surface area contributed by atoms with E-state index in [2.05, 4.69) is 48.0 Å². The standard InChI is InChI=1S/C49H51N5O6S/c1-29-16-38-41(51(4)30(2)47-37-15-11-9-13-34(37)24-54(47)49(38)57)22-43(29)59-26-31-17-32(19-35(18-31)52(5)46(55)28-61-7)27-60-45-21-40-39(20-44(45)58-6)48(56)53-23-33-12-8-10-14-36(33)42(53)25-50(40)3/h8-22,30,42,47H,23-28H2,1-7H3/t30?,42-,47-/m1/s1. The molecule has 61 heavy (non-hydrogen) atoms. The lowest BCUT2D eigenvalue weighted by Crippen LogP contribution is -2.39. The van der Waals surface area contributed by atoms with Crippen LogP contribution in [0.4, 0.5) is 17.1 Å². The number of thioether (sulfide) groups is 1. The molecular formula is C49H51N5O6S. The summed E-state index contributed by atoms with van der Waals surface area (Å²) in [4.78, 5) is 51.3. The van der Waals surface area contributed by atoms with Gasteiger partial charge in [0.2, 0.25) is 5.91 Å². The van der Waals surface area contributed by atoms with Crippen molar-refractivity contribution in [3.8, 4) is 17.2 Å². The molecular weight excluding hydrogens is 787 g/mol. The number of rotatable bonds is 10. The van der Waals surface area contributed by atoms with Crippen molar-refractivity contribution >= 4 is 46.5 Å². The third-order valence-electron chi connectivity index (χ3n) is 12.9. The molecule has 0 saturated heterocycles. The fourth-order valence-electron chi connectivity index (χ4n) is 9.50. The van der Waals surface area contributed by atoms with Gasteiger partial charge in [0.1, 0.15) is 19.0 Å². The van der Waals surface area contributed by atoms with Crippen molar-refractivity contribution in [2.24, 2.45) is 0 Å². The molecule has 0 radical (unpaired) electrons. The van der Waals surface area contributed by atoms with Gasteiger partial charge < -0.3 is 38.7 Å². The second-order valence-corrected chi connectivity index (χ2v) is 17.4. The van der Waals surface area contributed by atoms with Gasteiger partial charge in [-0.15, -0.1) is 0 Å². The number of amides is 3. The lowest BCUT2D eigenvalue weighted by atomic mass is 9.99. The zero-order chi connectivity index (χ0) is 42.7. The zero-order valence-corrected chi connectivity index (χ0v) is 36.5. The van der Waals surface area contributed by atoms with Crippen molar-refractivity contribution in [3.05, 3.63) is 141 Å². The van der Waals surface area contributed by atoms with Crippen LogP contribution in [-0.2, 0) is 31.1 Å². The Morgan fingerprint density at radius 3 is 2.08 bits per heavy atom. The van der Waals surface area contributed by atoms with Crippen LogP contribution in [-0.4, -0.2) is 80.4 Å². The number of carbonyl (C=O) groups excluding carboxylic acids is 3. The van der Waals surface area contributed by atoms with Gasteiger partial charge >= 0.3 is 0 Å². The van der Waals surface area contributed by atoms with Crippen molar-refractivity contribution < 1.29 is 28.6 Å². The van der Waals surface area contributed by atoms with Gasteiger partial charge in [0.15, 0.2) is 11.5 Å². The minimum Gasteiger partial charge on any atom is -0.493 e. The van der Waals surface area contributed by atoms with Gasteiger partial charge in [0.25, 0.3) is 11.8 Å². The molecule has 0 fully saturated rings. The van der Waals surface area contributed by atoms with Crippen molar-refractivity contribution in [2.75, 3.05) is 61.5 Å². The molecule has 4 aliphatic rings. The first-order valence-corrected chi connectivity index (χ1v) is 22.1. The third kappa shape index (κ3) is 7.10. The van der Waals surface area contributed by atoms with Crippen molar-refractivity contribution in [1.82, 2.24) is 9.80 Å². The van der Waals surface area contributed by atoms with E-state index in [4.69, 9.17) is 14.2 Å².